The molecular weight excluding hydrogens is 166 g/mol. The summed E-state index contributed by atoms with van der Waals surface area (Å²) >= 11 is 4.26. The van der Waals surface area contributed by atoms with Crippen LogP contribution in [0, 0.1) is 0 Å². The maximum atomic E-state index is 4.26. The zero-order valence-corrected chi connectivity index (χ0v) is 9.02. The number of nitrogens with zero attached hydrogens (tertiary/aromatic N) is 1. The smallest absolute Gasteiger partial charge is 0.00929 e. The lowest BCUT2D eigenvalue weighted by Gasteiger charge is -2.26. The van der Waals surface area contributed by atoms with Crippen molar-refractivity contribution in [3.05, 3.63) is 0 Å². The van der Waals surface area contributed by atoms with Crippen LogP contribution >= 0.6 is 12.6 Å². The van der Waals surface area contributed by atoms with Crippen LogP contribution in [0.25, 0.3) is 0 Å². The van der Waals surface area contributed by atoms with E-state index in [1.54, 1.807) is 0 Å². The second-order valence-electron chi connectivity index (χ2n) is 3.67. The van der Waals surface area contributed by atoms with Gasteiger partial charge in [0, 0.05) is 6.04 Å². The van der Waals surface area contributed by atoms with Crippen molar-refractivity contribution in [3.63, 3.8) is 0 Å². The molecule has 1 rings (SSSR count). The predicted molar refractivity (Wildman–Crippen MR) is 58.0 cm³/mol. The van der Waals surface area contributed by atoms with Gasteiger partial charge in [-0.1, -0.05) is 6.92 Å². The van der Waals surface area contributed by atoms with Gasteiger partial charge in [0.15, 0.2) is 0 Å². The number of thiol groups is 1. The molecule has 0 aliphatic carbocycles. The van der Waals surface area contributed by atoms with Gasteiger partial charge in [0.2, 0.25) is 0 Å². The first-order valence-electron chi connectivity index (χ1n) is 5.23. The van der Waals surface area contributed by atoms with Crippen molar-refractivity contribution in [3.8, 4) is 0 Å². The van der Waals surface area contributed by atoms with Gasteiger partial charge in [0.1, 0.15) is 0 Å². The van der Waals surface area contributed by atoms with Gasteiger partial charge in [-0.25, -0.2) is 0 Å². The van der Waals surface area contributed by atoms with Gasteiger partial charge in [0.05, 0.1) is 0 Å². The summed E-state index contributed by atoms with van der Waals surface area (Å²) in [5.41, 5.74) is 0. The van der Waals surface area contributed by atoms with Crippen molar-refractivity contribution >= 4 is 12.6 Å². The van der Waals surface area contributed by atoms with Crippen molar-refractivity contribution < 1.29 is 0 Å². The number of rotatable bonds is 5. The Morgan fingerprint density at radius 1 is 1.33 bits per heavy atom. The zero-order valence-electron chi connectivity index (χ0n) is 8.13. The summed E-state index contributed by atoms with van der Waals surface area (Å²) in [5, 5.41) is 0. The molecule has 0 aromatic rings. The fourth-order valence-corrected chi connectivity index (χ4v) is 2.26. The molecule has 0 saturated carbocycles. The molecule has 0 bridgehead atoms. The fraction of sp³-hybridized carbons (Fsp3) is 1.00. The molecule has 0 spiro atoms. The summed E-state index contributed by atoms with van der Waals surface area (Å²) in [7, 11) is 0. The van der Waals surface area contributed by atoms with Crippen LogP contribution in [0.2, 0.25) is 0 Å². The molecule has 1 atom stereocenters. The summed E-state index contributed by atoms with van der Waals surface area (Å²) < 4.78 is 0. The molecule has 1 unspecified atom stereocenters. The van der Waals surface area contributed by atoms with Gasteiger partial charge in [0.25, 0.3) is 0 Å². The molecule has 2 heteroatoms. The van der Waals surface area contributed by atoms with Crippen molar-refractivity contribution in [1.82, 2.24) is 4.90 Å². The summed E-state index contributed by atoms with van der Waals surface area (Å²) in [6.07, 6.45) is 6.76. The first-order chi connectivity index (χ1) is 5.88. The largest absolute Gasteiger partial charge is 0.300 e. The Morgan fingerprint density at radius 2 is 2.00 bits per heavy atom. The number of hydrogen-bond donors (Lipinski definition) is 1. The summed E-state index contributed by atoms with van der Waals surface area (Å²) in [4.78, 5) is 2.66. The highest BCUT2D eigenvalue weighted by Gasteiger charge is 2.19. The van der Waals surface area contributed by atoms with E-state index in [0.29, 0.717) is 0 Å². The van der Waals surface area contributed by atoms with Gasteiger partial charge in [-0.15, -0.1) is 0 Å². The minimum Gasteiger partial charge on any atom is -0.300 e. The van der Waals surface area contributed by atoms with E-state index >= 15 is 0 Å². The topological polar surface area (TPSA) is 3.24 Å². The highest BCUT2D eigenvalue weighted by Crippen LogP contribution is 2.17. The lowest BCUT2D eigenvalue weighted by atomic mass is 10.1. The molecule has 1 fully saturated rings. The van der Waals surface area contributed by atoms with E-state index in [4.69, 9.17) is 0 Å². The molecule has 1 aliphatic heterocycles. The third kappa shape index (κ3) is 2.98. The SMILES string of the molecule is CCC(CCCS)N1CCCC1. The van der Waals surface area contributed by atoms with Crippen LogP contribution in [0.15, 0.2) is 0 Å². The minimum atomic E-state index is 0.847. The van der Waals surface area contributed by atoms with Crippen LogP contribution in [0.3, 0.4) is 0 Å². The van der Waals surface area contributed by atoms with E-state index in [-0.39, 0.29) is 0 Å². The molecule has 1 saturated heterocycles. The maximum absolute atomic E-state index is 4.26. The summed E-state index contributed by atoms with van der Waals surface area (Å²) in [6.45, 7) is 4.98. The molecule has 0 aromatic heterocycles. The minimum absolute atomic E-state index is 0.847. The van der Waals surface area contributed by atoms with Gasteiger partial charge in [-0.3, -0.25) is 0 Å². The van der Waals surface area contributed by atoms with Crippen LogP contribution in [0.4, 0.5) is 0 Å². The molecular formula is C10H21NS. The Hall–Kier alpha value is 0.310. The fourth-order valence-electron chi connectivity index (χ4n) is 2.08. The third-order valence-corrected chi connectivity index (χ3v) is 3.14. The Labute approximate surface area is 81.9 Å². The first-order valence-corrected chi connectivity index (χ1v) is 5.86. The van der Waals surface area contributed by atoms with E-state index in [0.717, 1.165) is 11.8 Å². The summed E-state index contributed by atoms with van der Waals surface area (Å²) in [6, 6.07) is 0.847. The average Bonchev–Trinajstić information content (AvgIpc) is 2.59. The van der Waals surface area contributed by atoms with E-state index in [9.17, 15) is 0 Å². The second-order valence-corrected chi connectivity index (χ2v) is 4.12. The van der Waals surface area contributed by atoms with E-state index in [1.165, 1.54) is 45.2 Å². The van der Waals surface area contributed by atoms with Crippen molar-refractivity contribution in [2.24, 2.45) is 0 Å². The number of hydrogen-bond acceptors (Lipinski definition) is 2. The highest BCUT2D eigenvalue weighted by molar-refractivity contribution is 7.80. The van der Waals surface area contributed by atoms with Crippen molar-refractivity contribution in [2.45, 2.75) is 45.1 Å². The lowest BCUT2D eigenvalue weighted by Crippen LogP contribution is -2.32. The third-order valence-electron chi connectivity index (χ3n) is 2.82. The van der Waals surface area contributed by atoms with Gasteiger partial charge in [-0.05, 0) is 50.9 Å². The molecule has 72 valence electrons. The standard InChI is InChI=1S/C10H21NS/c1-2-10(6-5-9-12)11-7-3-4-8-11/h10,12H,2-9H2,1H3. The molecule has 0 aromatic carbocycles. The predicted octanol–water partition coefficient (Wildman–Crippen LogP) is 2.57. The van der Waals surface area contributed by atoms with Gasteiger partial charge in [-0.2, -0.15) is 12.6 Å². The van der Waals surface area contributed by atoms with Crippen LogP contribution in [0.5, 0.6) is 0 Å². The van der Waals surface area contributed by atoms with Gasteiger partial charge >= 0.3 is 0 Å². The van der Waals surface area contributed by atoms with E-state index < -0.39 is 0 Å². The van der Waals surface area contributed by atoms with Crippen LogP contribution in [0.1, 0.15) is 39.0 Å². The Bertz CT molecular complexity index is 110. The quantitative estimate of drug-likeness (QED) is 0.647. The monoisotopic (exact) mass is 187 g/mol. The van der Waals surface area contributed by atoms with Gasteiger partial charge < -0.3 is 4.90 Å². The molecule has 0 radical (unpaired) electrons. The summed E-state index contributed by atoms with van der Waals surface area (Å²) in [5.74, 6) is 1.05. The lowest BCUT2D eigenvalue weighted by molar-refractivity contribution is 0.223. The molecule has 1 nitrogen and oxygen atoms in total. The first kappa shape index (κ1) is 10.4. The maximum Gasteiger partial charge on any atom is 0.00929 e. The van der Waals surface area contributed by atoms with Crippen LogP contribution in [-0.4, -0.2) is 29.8 Å². The Balaban J connectivity index is 2.22. The van der Waals surface area contributed by atoms with E-state index in [2.05, 4.69) is 24.5 Å². The van der Waals surface area contributed by atoms with E-state index in [1.807, 2.05) is 0 Å². The molecule has 0 amide bonds. The average molecular weight is 187 g/mol. The Kier molecular flexibility index (Phi) is 5.08. The Morgan fingerprint density at radius 3 is 2.50 bits per heavy atom. The second kappa shape index (κ2) is 5.87. The molecule has 1 heterocycles. The molecule has 0 N–H and O–H groups in total. The number of likely N-dealkylation sites (tertiary alicyclic amines) is 1. The van der Waals surface area contributed by atoms with Crippen LogP contribution in [-0.2, 0) is 0 Å². The van der Waals surface area contributed by atoms with Crippen molar-refractivity contribution in [1.29, 1.82) is 0 Å². The van der Waals surface area contributed by atoms with Crippen molar-refractivity contribution in [2.75, 3.05) is 18.8 Å². The van der Waals surface area contributed by atoms with Crippen LogP contribution < -0.4 is 0 Å². The molecule has 1 aliphatic rings. The molecule has 12 heavy (non-hydrogen) atoms. The highest BCUT2D eigenvalue weighted by atomic mass is 32.1. The zero-order chi connectivity index (χ0) is 8.81. The normalized spacial score (nSPS) is 21.5.